The lowest BCUT2D eigenvalue weighted by atomic mass is 10.0. The van der Waals surface area contributed by atoms with Crippen LogP contribution in [-0.2, 0) is 13.0 Å². The maximum Gasteiger partial charge on any atom is 0.123 e. The summed E-state index contributed by atoms with van der Waals surface area (Å²) in [6, 6.07) is 6.69. The lowest BCUT2D eigenvalue weighted by Gasteiger charge is -2.32. The molecule has 1 aliphatic rings. The minimum absolute atomic E-state index is 0.999. The first-order chi connectivity index (χ1) is 10.6. The van der Waals surface area contributed by atoms with Gasteiger partial charge in [-0.1, -0.05) is 12.1 Å². The van der Waals surface area contributed by atoms with Crippen molar-refractivity contribution in [3.8, 4) is 5.75 Å². The third-order valence-corrected chi connectivity index (χ3v) is 4.41. The van der Waals surface area contributed by atoms with Crippen molar-refractivity contribution >= 4 is 0 Å². The zero-order valence-electron chi connectivity index (χ0n) is 14.6. The van der Waals surface area contributed by atoms with E-state index in [0.717, 1.165) is 51.4 Å². The minimum atomic E-state index is 0.999. The fourth-order valence-corrected chi connectivity index (χ4v) is 2.96. The lowest BCUT2D eigenvalue weighted by Crippen LogP contribution is -2.43. The molecule has 0 amide bonds. The van der Waals surface area contributed by atoms with Gasteiger partial charge in [0.25, 0.3) is 0 Å². The fourth-order valence-electron chi connectivity index (χ4n) is 2.96. The molecule has 0 bridgehead atoms. The van der Waals surface area contributed by atoms with Gasteiger partial charge in [0.1, 0.15) is 5.75 Å². The summed E-state index contributed by atoms with van der Waals surface area (Å²) in [5, 5.41) is 0. The third kappa shape index (κ3) is 5.27. The van der Waals surface area contributed by atoms with E-state index in [1.165, 1.54) is 17.5 Å². The van der Waals surface area contributed by atoms with Crippen molar-refractivity contribution in [3.63, 3.8) is 0 Å². The molecule has 0 N–H and O–H groups in total. The summed E-state index contributed by atoms with van der Waals surface area (Å²) in [4.78, 5) is 7.17. The van der Waals surface area contributed by atoms with Crippen molar-refractivity contribution < 1.29 is 4.74 Å². The molecule has 0 saturated carbocycles. The van der Waals surface area contributed by atoms with E-state index in [4.69, 9.17) is 4.74 Å². The second-order valence-corrected chi connectivity index (χ2v) is 6.63. The summed E-state index contributed by atoms with van der Waals surface area (Å²) in [5.74, 6) is 1.02. The third-order valence-electron chi connectivity index (χ3n) is 4.41. The van der Waals surface area contributed by atoms with Gasteiger partial charge in [0.05, 0.1) is 7.11 Å². The van der Waals surface area contributed by atoms with E-state index >= 15 is 0 Å². The Morgan fingerprint density at radius 2 is 1.86 bits per heavy atom. The number of rotatable bonds is 7. The van der Waals surface area contributed by atoms with E-state index in [2.05, 4.69) is 54.0 Å². The van der Waals surface area contributed by atoms with Gasteiger partial charge in [0.2, 0.25) is 0 Å². The van der Waals surface area contributed by atoms with Crippen LogP contribution in [0.2, 0.25) is 0 Å². The Morgan fingerprint density at radius 1 is 1.14 bits per heavy atom. The molecule has 4 heteroatoms. The molecular weight excluding hydrogens is 274 g/mol. The maximum absolute atomic E-state index is 5.56. The molecule has 0 spiro atoms. The Hall–Kier alpha value is -1.10. The molecule has 1 saturated heterocycles. The summed E-state index contributed by atoms with van der Waals surface area (Å²) >= 11 is 0. The number of aryl methyl sites for hydroxylation is 1. The molecule has 0 unspecified atom stereocenters. The van der Waals surface area contributed by atoms with Crippen LogP contribution in [0.5, 0.6) is 5.75 Å². The Morgan fingerprint density at radius 3 is 2.50 bits per heavy atom. The van der Waals surface area contributed by atoms with Crippen LogP contribution in [-0.4, -0.2) is 75.7 Å². The fraction of sp³-hybridized carbons (Fsp3) is 0.667. The predicted molar refractivity (Wildman–Crippen MR) is 92.6 cm³/mol. The maximum atomic E-state index is 5.56. The zero-order valence-corrected chi connectivity index (χ0v) is 14.6. The van der Waals surface area contributed by atoms with Gasteiger partial charge in [-0.25, -0.2) is 0 Å². The standard InChI is InChI=1S/C18H31N3O/c1-19(2)9-5-6-16-7-8-18(22-4)17(14-16)15-21-12-10-20(3)11-13-21/h7-8,14H,5-6,9-13,15H2,1-4H3. The van der Waals surface area contributed by atoms with Crippen molar-refractivity contribution in [3.05, 3.63) is 29.3 Å². The second kappa shape index (κ2) is 8.51. The first-order valence-corrected chi connectivity index (χ1v) is 8.30. The summed E-state index contributed by atoms with van der Waals surface area (Å²) in [5.41, 5.74) is 2.75. The van der Waals surface area contributed by atoms with Crippen molar-refractivity contribution in [1.29, 1.82) is 0 Å². The SMILES string of the molecule is COc1ccc(CCCN(C)C)cc1CN1CCN(C)CC1. The van der Waals surface area contributed by atoms with Gasteiger partial charge in [0.15, 0.2) is 0 Å². The van der Waals surface area contributed by atoms with E-state index in [1.54, 1.807) is 7.11 Å². The molecule has 2 rings (SSSR count). The molecule has 0 aliphatic carbocycles. The summed E-state index contributed by atoms with van der Waals surface area (Å²) in [6.07, 6.45) is 2.34. The minimum Gasteiger partial charge on any atom is -0.496 e. The predicted octanol–water partition coefficient (Wildman–Crippen LogP) is 1.94. The highest BCUT2D eigenvalue weighted by molar-refractivity contribution is 5.37. The van der Waals surface area contributed by atoms with Gasteiger partial charge >= 0.3 is 0 Å². The molecule has 0 aromatic heterocycles. The number of hydrogen-bond acceptors (Lipinski definition) is 4. The quantitative estimate of drug-likeness (QED) is 0.766. The van der Waals surface area contributed by atoms with Gasteiger partial charge in [-0.3, -0.25) is 4.90 Å². The number of nitrogens with zero attached hydrogens (tertiary/aromatic N) is 3. The number of piperazine rings is 1. The zero-order chi connectivity index (χ0) is 15.9. The molecule has 1 aromatic carbocycles. The normalized spacial score (nSPS) is 17.1. The summed E-state index contributed by atoms with van der Waals surface area (Å²) in [6.45, 7) is 6.74. The van der Waals surface area contributed by atoms with Crippen LogP contribution in [0, 0.1) is 0 Å². The van der Waals surface area contributed by atoms with Crippen LogP contribution in [0.15, 0.2) is 18.2 Å². The first kappa shape index (κ1) is 17.3. The molecule has 124 valence electrons. The number of benzene rings is 1. The Bertz CT molecular complexity index is 454. The molecule has 22 heavy (non-hydrogen) atoms. The molecule has 1 heterocycles. The Labute approximate surface area is 135 Å². The van der Waals surface area contributed by atoms with Crippen molar-refractivity contribution in [2.24, 2.45) is 0 Å². The lowest BCUT2D eigenvalue weighted by molar-refractivity contribution is 0.147. The van der Waals surface area contributed by atoms with Crippen LogP contribution in [0.3, 0.4) is 0 Å². The second-order valence-electron chi connectivity index (χ2n) is 6.63. The van der Waals surface area contributed by atoms with E-state index in [9.17, 15) is 0 Å². The van der Waals surface area contributed by atoms with Gasteiger partial charge < -0.3 is 14.5 Å². The smallest absolute Gasteiger partial charge is 0.123 e. The highest BCUT2D eigenvalue weighted by atomic mass is 16.5. The molecule has 0 radical (unpaired) electrons. The molecule has 0 atom stereocenters. The Kier molecular flexibility index (Phi) is 6.68. The van der Waals surface area contributed by atoms with Crippen LogP contribution < -0.4 is 4.74 Å². The summed E-state index contributed by atoms with van der Waals surface area (Å²) < 4.78 is 5.56. The van der Waals surface area contributed by atoms with Gasteiger partial charge in [-0.15, -0.1) is 0 Å². The molecular formula is C18H31N3O. The largest absolute Gasteiger partial charge is 0.496 e. The number of hydrogen-bond donors (Lipinski definition) is 0. The van der Waals surface area contributed by atoms with Crippen LogP contribution >= 0.6 is 0 Å². The molecule has 4 nitrogen and oxygen atoms in total. The van der Waals surface area contributed by atoms with E-state index in [-0.39, 0.29) is 0 Å². The summed E-state index contributed by atoms with van der Waals surface area (Å²) in [7, 11) is 8.23. The highest BCUT2D eigenvalue weighted by Gasteiger charge is 2.16. The van der Waals surface area contributed by atoms with Gasteiger partial charge in [0, 0.05) is 38.3 Å². The highest BCUT2D eigenvalue weighted by Crippen LogP contribution is 2.23. The average Bonchev–Trinajstić information content (AvgIpc) is 2.49. The van der Waals surface area contributed by atoms with Crippen molar-refractivity contribution in [2.45, 2.75) is 19.4 Å². The molecule has 1 aromatic rings. The first-order valence-electron chi connectivity index (χ1n) is 8.30. The average molecular weight is 305 g/mol. The van der Waals surface area contributed by atoms with E-state index in [1.807, 2.05) is 0 Å². The van der Waals surface area contributed by atoms with Crippen molar-refractivity contribution in [1.82, 2.24) is 14.7 Å². The van der Waals surface area contributed by atoms with Crippen molar-refractivity contribution in [2.75, 3.05) is 61.0 Å². The van der Waals surface area contributed by atoms with E-state index < -0.39 is 0 Å². The number of methoxy groups -OCH3 is 1. The number of ether oxygens (including phenoxy) is 1. The topological polar surface area (TPSA) is 19.0 Å². The molecule has 1 aliphatic heterocycles. The van der Waals surface area contributed by atoms with E-state index in [0.29, 0.717) is 0 Å². The number of likely N-dealkylation sites (N-methyl/N-ethyl adjacent to an activating group) is 1. The Balaban J connectivity index is 1.98. The van der Waals surface area contributed by atoms with Crippen LogP contribution in [0.4, 0.5) is 0 Å². The monoisotopic (exact) mass is 305 g/mol. The molecule has 1 fully saturated rings. The van der Waals surface area contributed by atoms with Gasteiger partial charge in [-0.2, -0.15) is 0 Å². The van der Waals surface area contributed by atoms with Crippen LogP contribution in [0.1, 0.15) is 17.5 Å². The van der Waals surface area contributed by atoms with Gasteiger partial charge in [-0.05, 0) is 52.2 Å². The van der Waals surface area contributed by atoms with Crippen LogP contribution in [0.25, 0.3) is 0 Å².